The molecule has 0 aliphatic rings. The number of anilines is 2. The van der Waals surface area contributed by atoms with Crippen molar-refractivity contribution >= 4 is 23.2 Å². The third kappa shape index (κ3) is 2.82. The number of amides is 2. The molecule has 0 aliphatic heterocycles. The number of carbonyl (C=O) groups excluding carboxylic acids is 2. The summed E-state index contributed by atoms with van der Waals surface area (Å²) in [5.41, 5.74) is 1.02. The fraction of sp³-hybridized carbons (Fsp3) is 0.182. The van der Waals surface area contributed by atoms with Gasteiger partial charge in [0.2, 0.25) is 11.8 Å². The lowest BCUT2D eigenvalue weighted by atomic mass is 10.1. The molecular weight excluding hydrogens is 206 g/mol. The van der Waals surface area contributed by atoms with E-state index in [-0.39, 0.29) is 17.4 Å². The lowest BCUT2D eigenvalue weighted by molar-refractivity contribution is -0.115. The molecule has 2 amide bonds. The first-order chi connectivity index (χ1) is 7.54. The summed E-state index contributed by atoms with van der Waals surface area (Å²) >= 11 is 0. The van der Waals surface area contributed by atoms with E-state index in [1.54, 1.807) is 18.2 Å². The molecule has 16 heavy (non-hydrogen) atoms. The number of benzene rings is 1. The Morgan fingerprint density at radius 2 is 1.56 bits per heavy atom. The predicted octanol–water partition coefficient (Wildman–Crippen LogP) is 1.48. The van der Waals surface area contributed by atoms with Gasteiger partial charge in [0.15, 0.2) is 0 Å². The van der Waals surface area contributed by atoms with Crippen LogP contribution in [-0.2, 0) is 9.59 Å². The quantitative estimate of drug-likeness (QED) is 0.787. The van der Waals surface area contributed by atoms with Crippen LogP contribution >= 0.6 is 0 Å². The number of nitrogens with one attached hydrogen (secondary N) is 2. The second-order valence-electron chi connectivity index (χ2n) is 3.20. The van der Waals surface area contributed by atoms with Crippen LogP contribution in [0.3, 0.4) is 0 Å². The third-order valence-corrected chi connectivity index (χ3v) is 1.80. The van der Waals surface area contributed by atoms with Crippen molar-refractivity contribution in [3.63, 3.8) is 0 Å². The number of nitriles is 1. The highest BCUT2D eigenvalue weighted by atomic mass is 16.2. The van der Waals surface area contributed by atoms with Crippen LogP contribution in [0.2, 0.25) is 0 Å². The summed E-state index contributed by atoms with van der Waals surface area (Å²) in [6.45, 7) is 2.71. The van der Waals surface area contributed by atoms with Gasteiger partial charge in [-0.2, -0.15) is 5.26 Å². The predicted molar refractivity (Wildman–Crippen MR) is 59.8 cm³/mol. The minimum Gasteiger partial charge on any atom is -0.325 e. The monoisotopic (exact) mass is 217 g/mol. The van der Waals surface area contributed by atoms with E-state index < -0.39 is 0 Å². The van der Waals surface area contributed by atoms with Crippen molar-refractivity contribution in [1.82, 2.24) is 0 Å². The Hall–Kier alpha value is -2.35. The lowest BCUT2D eigenvalue weighted by Gasteiger charge is -2.09. The first kappa shape index (κ1) is 11.7. The Bertz CT molecular complexity index is 440. The summed E-state index contributed by atoms with van der Waals surface area (Å²) in [4.78, 5) is 21.8. The topological polar surface area (TPSA) is 82.0 Å². The van der Waals surface area contributed by atoms with E-state index >= 15 is 0 Å². The number of hydrogen-bond donors (Lipinski definition) is 2. The fourth-order valence-electron chi connectivity index (χ4n) is 1.26. The summed E-state index contributed by atoms with van der Waals surface area (Å²) in [5.74, 6) is -0.534. The smallest absolute Gasteiger partial charge is 0.221 e. The van der Waals surface area contributed by atoms with Gasteiger partial charge >= 0.3 is 0 Å². The minimum absolute atomic E-state index is 0.243. The standard InChI is InChI=1S/C11H11N3O2/c1-7(15)13-10-4-3-5-11(9(10)6-12)14-8(2)16/h3-5H,1-2H3,(H,13,15)(H,14,16). The normalized spacial score (nSPS) is 9.06. The van der Waals surface area contributed by atoms with Crippen molar-refractivity contribution in [1.29, 1.82) is 5.26 Å². The van der Waals surface area contributed by atoms with Gasteiger partial charge in [-0.1, -0.05) is 6.07 Å². The zero-order chi connectivity index (χ0) is 12.1. The molecule has 0 radical (unpaired) electrons. The number of hydrogen-bond acceptors (Lipinski definition) is 3. The molecule has 0 fully saturated rings. The lowest BCUT2D eigenvalue weighted by Crippen LogP contribution is -2.11. The number of carbonyl (C=O) groups is 2. The molecule has 0 spiro atoms. The fourth-order valence-corrected chi connectivity index (χ4v) is 1.26. The number of nitrogens with zero attached hydrogens (tertiary/aromatic N) is 1. The Labute approximate surface area is 93.1 Å². The average Bonchev–Trinajstić information content (AvgIpc) is 2.16. The van der Waals surface area contributed by atoms with Crippen molar-refractivity contribution in [2.24, 2.45) is 0 Å². The van der Waals surface area contributed by atoms with Crippen molar-refractivity contribution in [3.8, 4) is 6.07 Å². The minimum atomic E-state index is -0.267. The zero-order valence-corrected chi connectivity index (χ0v) is 9.00. The molecule has 1 rings (SSSR count). The van der Waals surface area contributed by atoms with Gasteiger partial charge in [0.1, 0.15) is 6.07 Å². The van der Waals surface area contributed by atoms with Gasteiger partial charge in [-0.15, -0.1) is 0 Å². The summed E-state index contributed by atoms with van der Waals surface area (Å²) < 4.78 is 0. The summed E-state index contributed by atoms with van der Waals surface area (Å²) in [6.07, 6.45) is 0. The second kappa shape index (κ2) is 4.94. The summed E-state index contributed by atoms with van der Waals surface area (Å²) in [6, 6.07) is 6.80. The van der Waals surface area contributed by atoms with E-state index in [1.807, 2.05) is 6.07 Å². The van der Waals surface area contributed by atoms with Crippen molar-refractivity contribution < 1.29 is 9.59 Å². The zero-order valence-electron chi connectivity index (χ0n) is 9.00. The molecule has 0 unspecified atom stereocenters. The third-order valence-electron chi connectivity index (χ3n) is 1.80. The Balaban J connectivity index is 3.16. The van der Waals surface area contributed by atoms with Crippen LogP contribution in [0, 0.1) is 11.3 Å². The molecule has 5 heteroatoms. The highest BCUT2D eigenvalue weighted by molar-refractivity contribution is 5.95. The maximum atomic E-state index is 10.9. The number of rotatable bonds is 2. The molecule has 0 aliphatic carbocycles. The second-order valence-corrected chi connectivity index (χ2v) is 3.20. The Kier molecular flexibility index (Phi) is 3.62. The maximum Gasteiger partial charge on any atom is 0.221 e. The highest BCUT2D eigenvalue weighted by Gasteiger charge is 2.09. The van der Waals surface area contributed by atoms with E-state index in [1.165, 1.54) is 13.8 Å². The molecule has 0 saturated heterocycles. The molecule has 5 nitrogen and oxygen atoms in total. The molecule has 0 aromatic heterocycles. The molecular formula is C11H11N3O2. The van der Waals surface area contributed by atoms with Crippen LogP contribution in [0.25, 0.3) is 0 Å². The maximum absolute atomic E-state index is 10.9. The Morgan fingerprint density at radius 1 is 1.12 bits per heavy atom. The van der Waals surface area contributed by atoms with Gasteiger partial charge in [-0.3, -0.25) is 9.59 Å². The summed E-state index contributed by atoms with van der Waals surface area (Å²) in [5, 5.41) is 14.0. The molecule has 0 saturated carbocycles. The molecule has 2 N–H and O–H groups in total. The van der Waals surface area contributed by atoms with Gasteiger partial charge in [0.25, 0.3) is 0 Å². The molecule has 1 aromatic carbocycles. The highest BCUT2D eigenvalue weighted by Crippen LogP contribution is 2.23. The first-order valence-corrected chi connectivity index (χ1v) is 4.63. The van der Waals surface area contributed by atoms with Crippen LogP contribution < -0.4 is 10.6 Å². The van der Waals surface area contributed by atoms with E-state index in [2.05, 4.69) is 10.6 Å². The average molecular weight is 217 g/mol. The van der Waals surface area contributed by atoms with Gasteiger partial charge in [0, 0.05) is 13.8 Å². The molecule has 0 atom stereocenters. The van der Waals surface area contributed by atoms with E-state index in [0.29, 0.717) is 11.4 Å². The van der Waals surface area contributed by atoms with Crippen LogP contribution in [-0.4, -0.2) is 11.8 Å². The van der Waals surface area contributed by atoms with Crippen LogP contribution in [0.15, 0.2) is 18.2 Å². The van der Waals surface area contributed by atoms with Crippen LogP contribution in [0.5, 0.6) is 0 Å². The molecule has 1 aromatic rings. The van der Waals surface area contributed by atoms with Gasteiger partial charge in [-0.25, -0.2) is 0 Å². The molecule has 0 bridgehead atoms. The van der Waals surface area contributed by atoms with Crippen LogP contribution in [0.4, 0.5) is 11.4 Å². The van der Waals surface area contributed by atoms with Crippen molar-refractivity contribution in [3.05, 3.63) is 23.8 Å². The Morgan fingerprint density at radius 3 is 1.88 bits per heavy atom. The molecule has 82 valence electrons. The van der Waals surface area contributed by atoms with Gasteiger partial charge in [-0.05, 0) is 12.1 Å². The van der Waals surface area contributed by atoms with Crippen LogP contribution in [0.1, 0.15) is 19.4 Å². The largest absolute Gasteiger partial charge is 0.325 e. The van der Waals surface area contributed by atoms with Crippen molar-refractivity contribution in [2.75, 3.05) is 10.6 Å². The van der Waals surface area contributed by atoms with E-state index in [0.717, 1.165) is 0 Å². The first-order valence-electron chi connectivity index (χ1n) is 4.63. The van der Waals surface area contributed by atoms with Crippen molar-refractivity contribution in [2.45, 2.75) is 13.8 Å². The summed E-state index contributed by atoms with van der Waals surface area (Å²) in [7, 11) is 0. The van der Waals surface area contributed by atoms with E-state index in [9.17, 15) is 9.59 Å². The SMILES string of the molecule is CC(=O)Nc1cccc(NC(C)=O)c1C#N. The van der Waals surface area contributed by atoms with Gasteiger partial charge in [0.05, 0.1) is 16.9 Å². The molecule has 0 heterocycles. The van der Waals surface area contributed by atoms with Gasteiger partial charge < -0.3 is 10.6 Å². The van der Waals surface area contributed by atoms with E-state index in [4.69, 9.17) is 5.26 Å².